The van der Waals surface area contributed by atoms with Gasteiger partial charge in [0.25, 0.3) is 0 Å². The molecule has 1 aliphatic heterocycles. The first-order valence-electron chi connectivity index (χ1n) is 5.35. The Kier molecular flexibility index (Phi) is 4.00. The fraction of sp³-hybridized carbons (Fsp3) is 0.364. The second kappa shape index (κ2) is 5.51. The summed E-state index contributed by atoms with van der Waals surface area (Å²) < 4.78 is 29.6. The molecule has 1 aromatic carbocycles. The first-order valence-corrected chi connectivity index (χ1v) is 6.14. The number of ether oxygens (including phenoxy) is 1. The molecular formula is C11H11BrF2N2O2. The van der Waals surface area contributed by atoms with Crippen LogP contribution in [0.5, 0.6) is 5.75 Å². The Labute approximate surface area is 111 Å². The third-order valence-electron chi connectivity index (χ3n) is 2.54. The van der Waals surface area contributed by atoms with Crippen LogP contribution in [-0.4, -0.2) is 25.1 Å². The SMILES string of the molecule is O=C1NCCC1Nc1ccc(Br)cc1OC(F)F. The van der Waals surface area contributed by atoms with Crippen molar-refractivity contribution in [3.8, 4) is 5.75 Å². The van der Waals surface area contributed by atoms with Gasteiger partial charge in [-0.3, -0.25) is 4.79 Å². The van der Waals surface area contributed by atoms with Gasteiger partial charge in [-0.05, 0) is 24.6 Å². The minimum Gasteiger partial charge on any atom is -0.433 e. The van der Waals surface area contributed by atoms with Crippen molar-refractivity contribution >= 4 is 27.5 Å². The lowest BCUT2D eigenvalue weighted by molar-refractivity contribution is -0.119. The zero-order valence-electron chi connectivity index (χ0n) is 9.25. The minimum atomic E-state index is -2.91. The molecule has 1 aliphatic rings. The largest absolute Gasteiger partial charge is 0.433 e. The molecule has 2 N–H and O–H groups in total. The van der Waals surface area contributed by atoms with Crippen LogP contribution in [0.4, 0.5) is 14.5 Å². The van der Waals surface area contributed by atoms with Crippen LogP contribution in [-0.2, 0) is 4.79 Å². The molecule has 18 heavy (non-hydrogen) atoms. The Balaban J connectivity index is 2.18. The number of halogens is 3. The molecule has 4 nitrogen and oxygen atoms in total. The van der Waals surface area contributed by atoms with E-state index in [1.165, 1.54) is 6.07 Å². The zero-order valence-corrected chi connectivity index (χ0v) is 10.8. The first-order chi connectivity index (χ1) is 8.56. The number of nitrogens with one attached hydrogen (secondary N) is 2. The summed E-state index contributed by atoms with van der Waals surface area (Å²) in [4.78, 5) is 11.4. The molecule has 2 rings (SSSR count). The molecule has 98 valence electrons. The number of carbonyl (C=O) groups is 1. The van der Waals surface area contributed by atoms with E-state index < -0.39 is 12.7 Å². The lowest BCUT2D eigenvalue weighted by Gasteiger charge is -2.16. The van der Waals surface area contributed by atoms with Crippen molar-refractivity contribution in [1.82, 2.24) is 5.32 Å². The summed E-state index contributed by atoms with van der Waals surface area (Å²) in [6, 6.07) is 4.30. The average Bonchev–Trinajstić information content (AvgIpc) is 2.67. The van der Waals surface area contributed by atoms with Crippen LogP contribution in [0.3, 0.4) is 0 Å². The highest BCUT2D eigenvalue weighted by molar-refractivity contribution is 9.10. The van der Waals surface area contributed by atoms with Gasteiger partial charge >= 0.3 is 6.61 Å². The number of carbonyl (C=O) groups excluding carboxylic acids is 1. The Morgan fingerprint density at radius 1 is 1.50 bits per heavy atom. The maximum atomic E-state index is 12.3. The van der Waals surface area contributed by atoms with Crippen molar-refractivity contribution in [3.05, 3.63) is 22.7 Å². The third kappa shape index (κ3) is 3.10. The molecule has 1 unspecified atom stereocenters. The van der Waals surface area contributed by atoms with Crippen LogP contribution in [0, 0.1) is 0 Å². The second-order valence-corrected chi connectivity index (χ2v) is 4.71. The number of anilines is 1. The smallest absolute Gasteiger partial charge is 0.387 e. The van der Waals surface area contributed by atoms with Crippen molar-refractivity contribution in [2.75, 3.05) is 11.9 Å². The van der Waals surface area contributed by atoms with Gasteiger partial charge in [0.1, 0.15) is 11.8 Å². The quantitative estimate of drug-likeness (QED) is 0.895. The molecule has 1 saturated heterocycles. The van der Waals surface area contributed by atoms with E-state index in [1.54, 1.807) is 12.1 Å². The summed E-state index contributed by atoms with van der Waals surface area (Å²) in [5, 5.41) is 5.56. The molecule has 0 saturated carbocycles. The number of hydrogen-bond acceptors (Lipinski definition) is 3. The summed E-state index contributed by atoms with van der Waals surface area (Å²) in [5.74, 6) is -0.125. The fourth-order valence-corrected chi connectivity index (χ4v) is 2.07. The Morgan fingerprint density at radius 3 is 2.89 bits per heavy atom. The highest BCUT2D eigenvalue weighted by Crippen LogP contribution is 2.30. The summed E-state index contributed by atoms with van der Waals surface area (Å²) >= 11 is 3.18. The number of alkyl halides is 2. The molecule has 1 heterocycles. The van der Waals surface area contributed by atoms with Gasteiger partial charge in [-0.2, -0.15) is 8.78 Å². The van der Waals surface area contributed by atoms with Crippen molar-refractivity contribution in [2.45, 2.75) is 19.1 Å². The molecule has 1 amide bonds. The number of rotatable bonds is 4. The van der Waals surface area contributed by atoms with Gasteiger partial charge in [0.05, 0.1) is 5.69 Å². The van der Waals surface area contributed by atoms with Crippen LogP contribution in [0.2, 0.25) is 0 Å². The van der Waals surface area contributed by atoms with Gasteiger partial charge in [-0.25, -0.2) is 0 Å². The molecule has 0 aromatic heterocycles. The van der Waals surface area contributed by atoms with E-state index in [1.807, 2.05) is 0 Å². The molecule has 1 fully saturated rings. The predicted octanol–water partition coefficient (Wildman–Crippen LogP) is 2.35. The number of hydrogen-bond donors (Lipinski definition) is 2. The monoisotopic (exact) mass is 320 g/mol. The molecule has 1 atom stereocenters. The van der Waals surface area contributed by atoms with Crippen molar-refractivity contribution in [3.63, 3.8) is 0 Å². The lowest BCUT2D eigenvalue weighted by atomic mass is 10.2. The maximum absolute atomic E-state index is 12.3. The van der Waals surface area contributed by atoms with E-state index in [4.69, 9.17) is 0 Å². The molecule has 1 aromatic rings. The molecule has 0 aliphatic carbocycles. The first kappa shape index (κ1) is 13.1. The summed E-state index contributed by atoms with van der Waals surface area (Å²) in [6.45, 7) is -2.32. The average molecular weight is 321 g/mol. The number of benzene rings is 1. The predicted molar refractivity (Wildman–Crippen MR) is 65.8 cm³/mol. The Morgan fingerprint density at radius 2 is 2.28 bits per heavy atom. The molecule has 0 spiro atoms. The summed E-state index contributed by atoms with van der Waals surface area (Å²) in [6.07, 6.45) is 0.614. The van der Waals surface area contributed by atoms with Gasteiger partial charge in [0.2, 0.25) is 5.91 Å². The Bertz CT molecular complexity index is 457. The molecule has 7 heteroatoms. The maximum Gasteiger partial charge on any atom is 0.387 e. The lowest BCUT2D eigenvalue weighted by Crippen LogP contribution is -2.29. The van der Waals surface area contributed by atoms with Crippen LogP contribution < -0.4 is 15.4 Å². The van der Waals surface area contributed by atoms with Gasteiger partial charge in [0, 0.05) is 11.0 Å². The highest BCUT2D eigenvalue weighted by atomic mass is 79.9. The van der Waals surface area contributed by atoms with Gasteiger partial charge < -0.3 is 15.4 Å². The molecule has 0 radical (unpaired) electrons. The van der Waals surface area contributed by atoms with Crippen LogP contribution in [0.25, 0.3) is 0 Å². The molecular weight excluding hydrogens is 310 g/mol. The number of amides is 1. The van der Waals surface area contributed by atoms with Gasteiger partial charge in [0.15, 0.2) is 0 Å². The highest BCUT2D eigenvalue weighted by Gasteiger charge is 2.25. The van der Waals surface area contributed by atoms with E-state index >= 15 is 0 Å². The summed E-state index contributed by atoms with van der Waals surface area (Å²) in [5.41, 5.74) is 0.376. The summed E-state index contributed by atoms with van der Waals surface area (Å²) in [7, 11) is 0. The van der Waals surface area contributed by atoms with E-state index in [-0.39, 0.29) is 11.7 Å². The second-order valence-electron chi connectivity index (χ2n) is 3.80. The van der Waals surface area contributed by atoms with E-state index in [0.717, 1.165) is 0 Å². The van der Waals surface area contributed by atoms with Gasteiger partial charge in [-0.1, -0.05) is 15.9 Å². The van der Waals surface area contributed by atoms with E-state index in [9.17, 15) is 13.6 Å². The minimum absolute atomic E-state index is 0.0130. The zero-order chi connectivity index (χ0) is 13.1. The Hall–Kier alpha value is -1.37. The van der Waals surface area contributed by atoms with Crippen LogP contribution >= 0.6 is 15.9 Å². The normalized spacial score (nSPS) is 18.9. The van der Waals surface area contributed by atoms with E-state index in [2.05, 4.69) is 31.3 Å². The van der Waals surface area contributed by atoms with Crippen LogP contribution in [0.15, 0.2) is 22.7 Å². The third-order valence-corrected chi connectivity index (χ3v) is 3.03. The molecule has 0 bridgehead atoms. The van der Waals surface area contributed by atoms with Crippen molar-refractivity contribution in [2.24, 2.45) is 0 Å². The van der Waals surface area contributed by atoms with E-state index in [0.29, 0.717) is 23.1 Å². The van der Waals surface area contributed by atoms with Crippen molar-refractivity contribution < 1.29 is 18.3 Å². The van der Waals surface area contributed by atoms with Crippen molar-refractivity contribution in [1.29, 1.82) is 0 Å². The fourth-order valence-electron chi connectivity index (χ4n) is 1.73. The van der Waals surface area contributed by atoms with Gasteiger partial charge in [-0.15, -0.1) is 0 Å². The topological polar surface area (TPSA) is 50.4 Å². The van der Waals surface area contributed by atoms with Crippen LogP contribution in [0.1, 0.15) is 6.42 Å². The standard InChI is InChI=1S/C11H11BrF2N2O2/c12-6-1-2-7(9(5-6)18-11(13)14)16-8-3-4-15-10(8)17/h1-2,5,8,11,16H,3-4H2,(H,15,17).